The van der Waals surface area contributed by atoms with E-state index in [1.807, 2.05) is 26.0 Å². The van der Waals surface area contributed by atoms with Gasteiger partial charge in [0.15, 0.2) is 5.96 Å². The maximum absolute atomic E-state index is 8.44. The molecule has 0 aromatic heterocycles. The minimum atomic E-state index is -0.159. The quantitative estimate of drug-likeness (QED) is 0.455. The minimum absolute atomic E-state index is 0.0771. The van der Waals surface area contributed by atoms with Gasteiger partial charge in [-0.1, -0.05) is 41.5 Å². The average Bonchev–Trinajstić information content (AvgIpc) is 2.46. The van der Waals surface area contributed by atoms with Crippen LogP contribution in [0.5, 0.6) is 0 Å². The van der Waals surface area contributed by atoms with Crippen LogP contribution in [0.15, 0.2) is 0 Å². The second-order valence-electron chi connectivity index (χ2n) is 8.86. The highest BCUT2D eigenvalue weighted by Gasteiger charge is 2.28. The lowest BCUT2D eigenvalue weighted by atomic mass is 9.75. The summed E-state index contributed by atoms with van der Waals surface area (Å²) in [6.45, 7) is 13.3. The van der Waals surface area contributed by atoms with E-state index >= 15 is 0 Å². The first-order valence-electron chi connectivity index (χ1n) is 8.84. The minimum Gasteiger partial charge on any atom is -0.349 e. The molecule has 0 aliphatic heterocycles. The van der Waals surface area contributed by atoms with Gasteiger partial charge in [0.05, 0.1) is 0 Å². The first-order valence-corrected chi connectivity index (χ1v) is 8.84. The number of nitrogens with zero attached hydrogens (tertiary/aromatic N) is 2. The Labute approximate surface area is 149 Å². The normalized spacial score (nSPS) is 13.4. The van der Waals surface area contributed by atoms with Crippen LogP contribution in [-0.2, 0) is 0 Å². The van der Waals surface area contributed by atoms with Gasteiger partial charge in [-0.2, -0.15) is 0 Å². The third-order valence-corrected chi connectivity index (χ3v) is 4.80. The highest BCUT2D eigenvalue weighted by Crippen LogP contribution is 2.30. The Morgan fingerprint density at radius 2 is 1.46 bits per heavy atom. The zero-order valence-electron chi connectivity index (χ0n) is 17.3. The fraction of sp³-hybridized carbons (Fsp3) is 0.842. The summed E-state index contributed by atoms with van der Waals surface area (Å²) >= 11 is 0. The Balaban J connectivity index is 4.54. The molecule has 1 unspecified atom stereocenters. The molecule has 140 valence electrons. The lowest BCUT2D eigenvalue weighted by Crippen LogP contribution is -2.39. The monoisotopic (exact) mass is 337 g/mol. The molecule has 0 aliphatic rings. The van der Waals surface area contributed by atoms with E-state index in [-0.39, 0.29) is 16.7 Å². The lowest BCUT2D eigenvalue weighted by Gasteiger charge is -2.31. The summed E-state index contributed by atoms with van der Waals surface area (Å²) in [4.78, 5) is 3.65. The first kappa shape index (κ1) is 22.6. The Kier molecular flexibility index (Phi) is 8.13. The average molecular weight is 338 g/mol. The van der Waals surface area contributed by atoms with Crippen LogP contribution in [0.25, 0.3) is 0 Å². The fourth-order valence-electron chi connectivity index (χ4n) is 2.68. The number of guanidine groups is 1. The second kappa shape index (κ2) is 8.63. The van der Waals surface area contributed by atoms with Crippen LogP contribution in [0.4, 0.5) is 0 Å². The molecule has 24 heavy (non-hydrogen) atoms. The highest BCUT2D eigenvalue weighted by molar-refractivity contribution is 5.89. The number of hydrogen-bond donors (Lipinski definition) is 3. The molecule has 3 N–H and O–H groups in total. The van der Waals surface area contributed by atoms with Crippen molar-refractivity contribution in [3.05, 3.63) is 0 Å². The van der Waals surface area contributed by atoms with Gasteiger partial charge >= 0.3 is 0 Å². The lowest BCUT2D eigenvalue weighted by molar-refractivity contribution is 0.396. The largest absolute Gasteiger partial charge is 0.349 e. The molecule has 0 aromatic rings. The van der Waals surface area contributed by atoms with Crippen molar-refractivity contribution in [2.75, 3.05) is 27.7 Å². The maximum Gasteiger partial charge on any atom is 0.192 e. The summed E-state index contributed by atoms with van der Waals surface area (Å²) in [6.07, 6.45) is 2.53. The van der Waals surface area contributed by atoms with Crippen molar-refractivity contribution >= 4 is 17.4 Å². The van der Waals surface area contributed by atoms with Crippen molar-refractivity contribution in [1.29, 1.82) is 16.2 Å². The van der Waals surface area contributed by atoms with Crippen LogP contribution < -0.4 is 0 Å². The van der Waals surface area contributed by atoms with E-state index in [0.717, 1.165) is 24.3 Å². The fourth-order valence-corrected chi connectivity index (χ4v) is 2.68. The van der Waals surface area contributed by atoms with Crippen molar-refractivity contribution in [3.63, 3.8) is 0 Å². The molecule has 0 radical (unpaired) electrons. The van der Waals surface area contributed by atoms with Gasteiger partial charge in [0, 0.05) is 50.9 Å². The Morgan fingerprint density at radius 1 is 0.958 bits per heavy atom. The Hall–Kier alpha value is -1.39. The summed E-state index contributed by atoms with van der Waals surface area (Å²) in [5.74, 6) is 0.717. The zero-order chi connectivity index (χ0) is 19.3. The predicted molar refractivity (Wildman–Crippen MR) is 106 cm³/mol. The molecule has 0 fully saturated rings. The molecule has 0 spiro atoms. The van der Waals surface area contributed by atoms with E-state index in [9.17, 15) is 0 Å². The molecular weight excluding hydrogens is 298 g/mol. The van der Waals surface area contributed by atoms with Gasteiger partial charge in [-0.05, 0) is 24.2 Å². The summed E-state index contributed by atoms with van der Waals surface area (Å²) in [6, 6.07) is 0. The standard InChI is InChI=1S/C19H39N5/c1-14(16(21)18(2,3)4)10-12-19(5,6)15(20)11-13-24(9)17(22)23(7)8/h14,20-22H,10-13H2,1-9H3. The molecule has 0 saturated carbocycles. The molecule has 0 aromatic carbocycles. The molecule has 0 rings (SSSR count). The number of nitrogens with one attached hydrogen (secondary N) is 3. The summed E-state index contributed by atoms with van der Waals surface area (Å²) < 4.78 is 0. The van der Waals surface area contributed by atoms with Crippen LogP contribution >= 0.6 is 0 Å². The number of hydrogen-bond acceptors (Lipinski definition) is 3. The van der Waals surface area contributed by atoms with Crippen molar-refractivity contribution in [2.24, 2.45) is 16.7 Å². The zero-order valence-corrected chi connectivity index (χ0v) is 17.3. The molecule has 0 bridgehead atoms. The van der Waals surface area contributed by atoms with E-state index in [1.165, 1.54) is 0 Å². The second-order valence-corrected chi connectivity index (χ2v) is 8.86. The molecule has 5 nitrogen and oxygen atoms in total. The molecule has 0 amide bonds. The highest BCUT2D eigenvalue weighted by atomic mass is 15.3. The molecular formula is C19H39N5. The van der Waals surface area contributed by atoms with Gasteiger partial charge in [-0.15, -0.1) is 0 Å². The van der Waals surface area contributed by atoms with Crippen LogP contribution in [0, 0.1) is 33.0 Å². The van der Waals surface area contributed by atoms with Gasteiger partial charge < -0.3 is 20.6 Å². The van der Waals surface area contributed by atoms with Gasteiger partial charge in [-0.25, -0.2) is 0 Å². The Bertz CT molecular complexity index is 457. The summed E-state index contributed by atoms with van der Waals surface area (Å²) in [5, 5.41) is 24.7. The van der Waals surface area contributed by atoms with Gasteiger partial charge in [-0.3, -0.25) is 5.41 Å². The van der Waals surface area contributed by atoms with Crippen molar-refractivity contribution in [1.82, 2.24) is 9.80 Å². The van der Waals surface area contributed by atoms with Crippen molar-refractivity contribution in [2.45, 2.75) is 60.8 Å². The molecule has 0 saturated heterocycles. The number of rotatable bonds is 8. The molecule has 0 aliphatic carbocycles. The summed E-state index contributed by atoms with van der Waals surface area (Å²) in [5.41, 5.74) is 1.29. The van der Waals surface area contributed by atoms with E-state index in [0.29, 0.717) is 18.9 Å². The van der Waals surface area contributed by atoms with Crippen molar-refractivity contribution in [3.8, 4) is 0 Å². The van der Waals surface area contributed by atoms with Gasteiger partial charge in [0.2, 0.25) is 0 Å². The van der Waals surface area contributed by atoms with E-state index in [4.69, 9.17) is 16.2 Å². The predicted octanol–water partition coefficient (Wildman–Crippen LogP) is 4.33. The van der Waals surface area contributed by atoms with Crippen LogP contribution in [0.3, 0.4) is 0 Å². The van der Waals surface area contributed by atoms with Gasteiger partial charge in [0.1, 0.15) is 0 Å². The van der Waals surface area contributed by atoms with Gasteiger partial charge in [0.25, 0.3) is 0 Å². The third kappa shape index (κ3) is 7.02. The topological polar surface area (TPSA) is 78.0 Å². The smallest absolute Gasteiger partial charge is 0.192 e. The van der Waals surface area contributed by atoms with E-state index in [1.54, 1.807) is 4.90 Å². The molecule has 0 heterocycles. The van der Waals surface area contributed by atoms with Crippen molar-refractivity contribution < 1.29 is 0 Å². The van der Waals surface area contributed by atoms with Crippen LogP contribution in [0.1, 0.15) is 60.8 Å². The van der Waals surface area contributed by atoms with E-state index < -0.39 is 0 Å². The third-order valence-electron chi connectivity index (χ3n) is 4.80. The SMILES string of the molecule is CC(CCC(C)(C)C(=N)CCN(C)C(=N)N(C)C)C(=N)C(C)(C)C. The van der Waals surface area contributed by atoms with Crippen LogP contribution in [-0.4, -0.2) is 54.9 Å². The molecule has 5 heteroatoms. The van der Waals surface area contributed by atoms with Crippen LogP contribution in [0.2, 0.25) is 0 Å². The molecule has 1 atom stereocenters. The Morgan fingerprint density at radius 3 is 1.88 bits per heavy atom. The first-order chi connectivity index (χ1) is 10.7. The summed E-state index contributed by atoms with van der Waals surface area (Å²) in [7, 11) is 5.62. The maximum atomic E-state index is 8.44. The van der Waals surface area contributed by atoms with E-state index in [2.05, 4.69) is 41.5 Å².